The molecule has 2 rings (SSSR count). The predicted octanol–water partition coefficient (Wildman–Crippen LogP) is 3.51. The predicted molar refractivity (Wildman–Crippen MR) is 87.7 cm³/mol. The van der Waals surface area contributed by atoms with Gasteiger partial charge in [0.15, 0.2) is 4.34 Å². The summed E-state index contributed by atoms with van der Waals surface area (Å²) < 4.78 is 0.935. The van der Waals surface area contributed by atoms with Gasteiger partial charge in [0, 0.05) is 17.3 Å². The van der Waals surface area contributed by atoms with E-state index in [2.05, 4.69) is 15.3 Å². The van der Waals surface area contributed by atoms with Crippen LogP contribution in [0, 0.1) is 13.8 Å². The van der Waals surface area contributed by atoms with Crippen LogP contribution in [-0.4, -0.2) is 21.6 Å². The third kappa shape index (κ3) is 4.82. The highest BCUT2D eigenvalue weighted by atomic mass is 32.2. The molecule has 2 aromatic heterocycles. The molecular formula is C15H19N3OS2. The van der Waals surface area contributed by atoms with Crippen molar-refractivity contribution in [2.45, 2.75) is 37.6 Å². The highest BCUT2D eigenvalue weighted by Crippen LogP contribution is 2.22. The standard InChI is InChI=1S/C15H19N3OS2/c1-4-12(13-7-10(2)5-6-16-13)18-14(19)9-21-15-17-11(3)8-20-15/h5-8,12H,4,9H2,1-3H3,(H,18,19). The van der Waals surface area contributed by atoms with Gasteiger partial charge in [-0.15, -0.1) is 11.3 Å². The Morgan fingerprint density at radius 3 is 2.90 bits per heavy atom. The molecule has 0 fully saturated rings. The molecule has 0 spiro atoms. The van der Waals surface area contributed by atoms with Crippen LogP contribution in [0.3, 0.4) is 0 Å². The first-order valence-electron chi connectivity index (χ1n) is 6.85. The topological polar surface area (TPSA) is 54.9 Å². The summed E-state index contributed by atoms with van der Waals surface area (Å²) in [6.45, 7) is 6.03. The first-order valence-corrected chi connectivity index (χ1v) is 8.72. The van der Waals surface area contributed by atoms with Gasteiger partial charge in [0.2, 0.25) is 5.91 Å². The van der Waals surface area contributed by atoms with Crippen molar-refractivity contribution in [3.8, 4) is 0 Å². The average molecular weight is 321 g/mol. The van der Waals surface area contributed by atoms with Crippen LogP contribution in [0.4, 0.5) is 0 Å². The lowest BCUT2D eigenvalue weighted by molar-refractivity contribution is -0.119. The van der Waals surface area contributed by atoms with Gasteiger partial charge >= 0.3 is 0 Å². The summed E-state index contributed by atoms with van der Waals surface area (Å²) in [7, 11) is 0. The van der Waals surface area contributed by atoms with Crippen molar-refractivity contribution < 1.29 is 4.79 Å². The smallest absolute Gasteiger partial charge is 0.230 e. The Balaban J connectivity index is 1.90. The summed E-state index contributed by atoms with van der Waals surface area (Å²) in [5.41, 5.74) is 3.07. The number of nitrogens with one attached hydrogen (secondary N) is 1. The van der Waals surface area contributed by atoms with E-state index in [-0.39, 0.29) is 11.9 Å². The Morgan fingerprint density at radius 1 is 1.48 bits per heavy atom. The monoisotopic (exact) mass is 321 g/mol. The quantitative estimate of drug-likeness (QED) is 0.827. The van der Waals surface area contributed by atoms with Gasteiger partial charge < -0.3 is 5.32 Å². The summed E-state index contributed by atoms with van der Waals surface area (Å²) in [6, 6.07) is 3.95. The van der Waals surface area contributed by atoms with Crippen molar-refractivity contribution in [1.82, 2.24) is 15.3 Å². The maximum Gasteiger partial charge on any atom is 0.230 e. The molecule has 0 aromatic carbocycles. The molecule has 112 valence electrons. The van der Waals surface area contributed by atoms with Gasteiger partial charge in [0.25, 0.3) is 0 Å². The Hall–Kier alpha value is -1.40. The van der Waals surface area contributed by atoms with Gasteiger partial charge in [0.1, 0.15) is 0 Å². The van der Waals surface area contributed by atoms with Crippen LogP contribution < -0.4 is 5.32 Å². The highest BCUT2D eigenvalue weighted by molar-refractivity contribution is 8.01. The summed E-state index contributed by atoms with van der Waals surface area (Å²) in [5, 5.41) is 5.03. The lowest BCUT2D eigenvalue weighted by Gasteiger charge is -2.16. The molecule has 2 heterocycles. The minimum Gasteiger partial charge on any atom is -0.347 e. The van der Waals surface area contributed by atoms with Crippen LogP contribution in [0.2, 0.25) is 0 Å². The van der Waals surface area contributed by atoms with Crippen LogP contribution in [0.25, 0.3) is 0 Å². The molecule has 21 heavy (non-hydrogen) atoms. The SMILES string of the molecule is CCC(NC(=O)CSc1nc(C)cs1)c1cc(C)ccn1. The third-order valence-corrected chi connectivity index (χ3v) is 5.10. The van der Waals surface area contributed by atoms with Crippen LogP contribution >= 0.6 is 23.1 Å². The molecule has 0 bridgehead atoms. The summed E-state index contributed by atoms with van der Waals surface area (Å²) in [5.74, 6) is 0.401. The highest BCUT2D eigenvalue weighted by Gasteiger charge is 2.14. The number of rotatable bonds is 6. The average Bonchev–Trinajstić information content (AvgIpc) is 2.88. The number of thiazole rings is 1. The number of aromatic nitrogens is 2. The van der Waals surface area contributed by atoms with Gasteiger partial charge in [-0.25, -0.2) is 4.98 Å². The van der Waals surface area contributed by atoms with Crippen molar-refractivity contribution >= 4 is 29.0 Å². The van der Waals surface area contributed by atoms with Gasteiger partial charge in [-0.3, -0.25) is 9.78 Å². The first-order chi connectivity index (χ1) is 10.1. The van der Waals surface area contributed by atoms with Crippen molar-refractivity contribution in [3.63, 3.8) is 0 Å². The Bertz CT molecular complexity index is 612. The largest absolute Gasteiger partial charge is 0.347 e. The Labute approximate surface area is 133 Å². The number of carbonyl (C=O) groups is 1. The molecule has 4 nitrogen and oxygen atoms in total. The normalized spacial score (nSPS) is 12.1. The fourth-order valence-electron chi connectivity index (χ4n) is 1.90. The van der Waals surface area contributed by atoms with Gasteiger partial charge in [-0.05, 0) is 38.0 Å². The van der Waals surface area contributed by atoms with Crippen molar-refractivity contribution in [2.75, 3.05) is 5.75 Å². The van der Waals surface area contributed by atoms with Gasteiger partial charge in [-0.2, -0.15) is 0 Å². The number of pyridine rings is 1. The Kier molecular flexibility index (Phi) is 5.76. The van der Waals surface area contributed by atoms with E-state index in [4.69, 9.17) is 0 Å². The fraction of sp³-hybridized carbons (Fsp3) is 0.400. The molecule has 0 saturated carbocycles. The number of nitrogens with zero attached hydrogens (tertiary/aromatic N) is 2. The molecule has 0 aliphatic carbocycles. The maximum absolute atomic E-state index is 12.1. The second-order valence-electron chi connectivity index (χ2n) is 4.83. The van der Waals surface area contributed by atoms with Crippen molar-refractivity contribution in [2.24, 2.45) is 0 Å². The maximum atomic E-state index is 12.1. The molecule has 1 amide bonds. The third-order valence-electron chi connectivity index (χ3n) is 2.96. The van der Waals surface area contributed by atoms with Gasteiger partial charge in [0.05, 0.1) is 17.5 Å². The van der Waals surface area contributed by atoms with Crippen LogP contribution in [0.1, 0.15) is 36.3 Å². The lowest BCUT2D eigenvalue weighted by atomic mass is 10.1. The van der Waals surface area contributed by atoms with E-state index >= 15 is 0 Å². The zero-order valence-electron chi connectivity index (χ0n) is 12.4. The number of carbonyl (C=O) groups excluding carboxylic acids is 1. The molecule has 6 heteroatoms. The van der Waals surface area contributed by atoms with Crippen molar-refractivity contribution in [1.29, 1.82) is 0 Å². The summed E-state index contributed by atoms with van der Waals surface area (Å²) >= 11 is 3.05. The minimum atomic E-state index is -0.0315. The molecule has 1 unspecified atom stereocenters. The van der Waals surface area contributed by atoms with Crippen molar-refractivity contribution in [3.05, 3.63) is 40.7 Å². The Morgan fingerprint density at radius 2 is 2.29 bits per heavy atom. The van der Waals surface area contributed by atoms with E-state index in [1.54, 1.807) is 17.5 Å². The van der Waals surface area contributed by atoms with E-state index < -0.39 is 0 Å². The molecule has 0 radical (unpaired) electrons. The van der Waals surface area contributed by atoms with E-state index in [9.17, 15) is 4.79 Å². The fourth-order valence-corrected chi connectivity index (χ4v) is 3.56. The zero-order chi connectivity index (χ0) is 15.2. The number of aryl methyl sites for hydroxylation is 2. The van der Waals surface area contributed by atoms with E-state index in [0.717, 1.165) is 27.7 Å². The number of hydrogen-bond acceptors (Lipinski definition) is 5. The summed E-state index contributed by atoms with van der Waals surface area (Å²) in [4.78, 5) is 20.8. The van der Waals surface area contributed by atoms with E-state index in [0.29, 0.717) is 5.75 Å². The molecular weight excluding hydrogens is 302 g/mol. The van der Waals surface area contributed by atoms with Crippen LogP contribution in [0.5, 0.6) is 0 Å². The van der Waals surface area contributed by atoms with E-state index in [1.165, 1.54) is 11.8 Å². The van der Waals surface area contributed by atoms with Crippen LogP contribution in [0.15, 0.2) is 28.0 Å². The number of thioether (sulfide) groups is 1. The molecule has 0 saturated heterocycles. The number of amides is 1. The lowest BCUT2D eigenvalue weighted by Crippen LogP contribution is -2.30. The second kappa shape index (κ2) is 7.56. The first kappa shape index (κ1) is 16.0. The molecule has 2 aromatic rings. The molecule has 1 atom stereocenters. The van der Waals surface area contributed by atoms with Gasteiger partial charge in [-0.1, -0.05) is 18.7 Å². The molecule has 1 N–H and O–H groups in total. The van der Waals surface area contributed by atoms with E-state index in [1.807, 2.05) is 38.3 Å². The summed E-state index contributed by atoms with van der Waals surface area (Å²) in [6.07, 6.45) is 2.61. The van der Waals surface area contributed by atoms with Crippen LogP contribution in [-0.2, 0) is 4.79 Å². The minimum absolute atomic E-state index is 0.0167. The second-order valence-corrected chi connectivity index (χ2v) is 6.91. The zero-order valence-corrected chi connectivity index (χ0v) is 14.1. The molecule has 0 aliphatic heterocycles. The number of hydrogen-bond donors (Lipinski definition) is 1. The molecule has 0 aliphatic rings.